The fourth-order valence-corrected chi connectivity index (χ4v) is 2.62. The van der Waals surface area contributed by atoms with Gasteiger partial charge in [-0.05, 0) is 12.1 Å². The number of amides is 1. The van der Waals surface area contributed by atoms with Gasteiger partial charge in [-0.15, -0.1) is 0 Å². The van der Waals surface area contributed by atoms with Crippen LogP contribution in [-0.4, -0.2) is 40.0 Å². The summed E-state index contributed by atoms with van der Waals surface area (Å²) in [5.41, 5.74) is -1.26. The number of benzene rings is 1. The Hall–Kier alpha value is -2.64. The highest BCUT2D eigenvalue weighted by atomic mass is 19.4. The van der Waals surface area contributed by atoms with Gasteiger partial charge in [0.1, 0.15) is 12.4 Å². The Kier molecular flexibility index (Phi) is 4.37. The van der Waals surface area contributed by atoms with Crippen LogP contribution in [0.2, 0.25) is 0 Å². The molecule has 1 aromatic carbocycles. The number of nitrogens with zero attached hydrogens (tertiary/aromatic N) is 3. The van der Waals surface area contributed by atoms with Crippen LogP contribution in [0.3, 0.4) is 0 Å². The number of hydrogen-bond donors (Lipinski definition) is 0. The molecule has 0 saturated carbocycles. The Balaban J connectivity index is 1.71. The number of hydrogen-bond acceptors (Lipinski definition) is 4. The van der Waals surface area contributed by atoms with Crippen LogP contribution in [0.4, 0.5) is 13.2 Å². The lowest BCUT2D eigenvalue weighted by Gasteiger charge is -2.19. The van der Waals surface area contributed by atoms with Gasteiger partial charge in [0.15, 0.2) is 0 Å². The van der Waals surface area contributed by atoms with Crippen LogP contribution in [0.1, 0.15) is 22.3 Å². The van der Waals surface area contributed by atoms with Crippen LogP contribution >= 0.6 is 0 Å². The first-order valence-electron chi connectivity index (χ1n) is 7.33. The minimum absolute atomic E-state index is 0.217. The summed E-state index contributed by atoms with van der Waals surface area (Å²) in [6, 6.07) is 6.39. The number of carbonyl (C=O) groups is 1. The molecule has 0 aliphatic carbocycles. The summed E-state index contributed by atoms with van der Waals surface area (Å²) in [5.74, 6) is -0.267. The second-order valence-electron chi connectivity index (χ2n) is 5.37. The monoisotopic (exact) mass is 337 g/mol. The van der Waals surface area contributed by atoms with Gasteiger partial charge >= 0.3 is 6.18 Å². The quantitative estimate of drug-likeness (QED) is 0.864. The molecule has 2 aromatic rings. The van der Waals surface area contributed by atoms with Crippen molar-refractivity contribution < 1.29 is 22.7 Å². The Morgan fingerprint density at radius 1 is 1.25 bits per heavy atom. The lowest BCUT2D eigenvalue weighted by Crippen LogP contribution is -2.32. The maximum atomic E-state index is 13.1. The van der Waals surface area contributed by atoms with E-state index < -0.39 is 17.6 Å². The number of likely N-dealkylation sites (tertiary alicyclic amines) is 1. The highest BCUT2D eigenvalue weighted by Crippen LogP contribution is 2.33. The molecule has 0 unspecified atom stereocenters. The van der Waals surface area contributed by atoms with Crippen molar-refractivity contribution >= 4 is 5.91 Å². The van der Waals surface area contributed by atoms with Crippen LogP contribution < -0.4 is 4.74 Å². The van der Waals surface area contributed by atoms with Crippen LogP contribution in [0.25, 0.3) is 0 Å². The minimum atomic E-state index is -4.57. The number of halogens is 3. The maximum Gasteiger partial charge on any atom is 0.417 e. The van der Waals surface area contributed by atoms with Crippen LogP contribution in [0, 0.1) is 0 Å². The average molecular weight is 337 g/mol. The van der Waals surface area contributed by atoms with Gasteiger partial charge in [-0.2, -0.15) is 13.2 Å². The van der Waals surface area contributed by atoms with E-state index in [2.05, 4.69) is 9.97 Å². The first-order valence-corrected chi connectivity index (χ1v) is 7.33. The standard InChI is InChI=1S/C16H14F3N3O2/c17-16(18,19)13-4-2-1-3-12(13)15(23)22-8-6-11(9-22)24-14-5-7-20-10-21-14/h1-5,7,10-11H,6,8-9H2/t11-/m0/s1. The predicted molar refractivity (Wildman–Crippen MR) is 78.4 cm³/mol. The van der Waals surface area contributed by atoms with Crippen LogP contribution in [0.5, 0.6) is 5.88 Å². The zero-order valence-electron chi connectivity index (χ0n) is 12.5. The van der Waals surface area contributed by atoms with Crippen molar-refractivity contribution in [2.24, 2.45) is 0 Å². The van der Waals surface area contributed by atoms with Crippen LogP contribution in [-0.2, 0) is 6.18 Å². The largest absolute Gasteiger partial charge is 0.472 e. The van der Waals surface area contributed by atoms with Crippen molar-refractivity contribution in [2.75, 3.05) is 13.1 Å². The van der Waals surface area contributed by atoms with Crippen molar-refractivity contribution in [2.45, 2.75) is 18.7 Å². The van der Waals surface area contributed by atoms with Crippen molar-refractivity contribution in [3.63, 3.8) is 0 Å². The molecule has 8 heteroatoms. The van der Waals surface area contributed by atoms with Crippen molar-refractivity contribution in [3.05, 3.63) is 54.0 Å². The molecular weight excluding hydrogens is 323 g/mol. The van der Waals surface area contributed by atoms with E-state index in [1.165, 1.54) is 35.6 Å². The molecule has 5 nitrogen and oxygen atoms in total. The van der Waals surface area contributed by atoms with Gasteiger partial charge in [-0.25, -0.2) is 9.97 Å². The summed E-state index contributed by atoms with van der Waals surface area (Å²) in [7, 11) is 0. The SMILES string of the molecule is O=C(c1ccccc1C(F)(F)F)N1CC[C@H](Oc2ccncn2)C1. The van der Waals surface area contributed by atoms with Gasteiger partial charge in [-0.1, -0.05) is 12.1 Å². The number of aromatic nitrogens is 2. The molecule has 1 fully saturated rings. The molecule has 126 valence electrons. The van der Waals surface area contributed by atoms with E-state index in [0.717, 1.165) is 6.07 Å². The summed E-state index contributed by atoms with van der Waals surface area (Å²) >= 11 is 0. The third kappa shape index (κ3) is 3.47. The molecular formula is C16H14F3N3O2. The number of carbonyl (C=O) groups excluding carboxylic acids is 1. The number of ether oxygens (including phenoxy) is 1. The van der Waals surface area contributed by atoms with E-state index >= 15 is 0 Å². The fourth-order valence-electron chi connectivity index (χ4n) is 2.62. The summed E-state index contributed by atoms with van der Waals surface area (Å²) in [5, 5.41) is 0. The molecule has 2 heterocycles. The van der Waals surface area contributed by atoms with Gasteiger partial charge in [0.25, 0.3) is 5.91 Å². The first kappa shape index (κ1) is 16.2. The van der Waals surface area contributed by atoms with Crippen molar-refractivity contribution in [1.82, 2.24) is 14.9 Å². The second-order valence-corrected chi connectivity index (χ2v) is 5.37. The lowest BCUT2D eigenvalue weighted by atomic mass is 10.1. The molecule has 1 aliphatic heterocycles. The van der Waals surface area contributed by atoms with E-state index in [4.69, 9.17) is 4.74 Å². The molecule has 0 bridgehead atoms. The Labute approximate surface area is 136 Å². The van der Waals surface area contributed by atoms with Gasteiger partial charge in [0, 0.05) is 25.2 Å². The highest BCUT2D eigenvalue weighted by Gasteiger charge is 2.37. The molecule has 3 rings (SSSR count). The highest BCUT2D eigenvalue weighted by molar-refractivity contribution is 5.96. The van der Waals surface area contributed by atoms with Gasteiger partial charge < -0.3 is 9.64 Å². The Morgan fingerprint density at radius 3 is 2.75 bits per heavy atom. The third-order valence-corrected chi connectivity index (χ3v) is 3.74. The lowest BCUT2D eigenvalue weighted by molar-refractivity contribution is -0.138. The second kappa shape index (κ2) is 6.46. The van der Waals surface area contributed by atoms with Crippen molar-refractivity contribution in [1.29, 1.82) is 0 Å². The van der Waals surface area contributed by atoms with Crippen molar-refractivity contribution in [3.8, 4) is 5.88 Å². The molecule has 1 aromatic heterocycles. The average Bonchev–Trinajstić information content (AvgIpc) is 3.03. The summed E-state index contributed by atoms with van der Waals surface area (Å²) in [6.07, 6.45) is -1.47. The van der Waals surface area contributed by atoms with Gasteiger partial charge in [-0.3, -0.25) is 4.79 Å². The first-order chi connectivity index (χ1) is 11.4. The predicted octanol–water partition coefficient (Wildman–Crippen LogP) is 2.79. The number of rotatable bonds is 3. The topological polar surface area (TPSA) is 55.3 Å². The molecule has 1 atom stereocenters. The summed E-state index contributed by atoms with van der Waals surface area (Å²) in [6.45, 7) is 0.551. The minimum Gasteiger partial charge on any atom is -0.472 e. The third-order valence-electron chi connectivity index (χ3n) is 3.74. The number of alkyl halides is 3. The fraction of sp³-hybridized carbons (Fsp3) is 0.312. The normalized spacial score (nSPS) is 17.8. The molecule has 24 heavy (non-hydrogen) atoms. The molecule has 0 radical (unpaired) electrons. The molecule has 1 amide bonds. The van der Waals surface area contributed by atoms with Gasteiger partial charge in [0.2, 0.25) is 5.88 Å². The molecule has 0 spiro atoms. The molecule has 0 N–H and O–H groups in total. The van der Waals surface area contributed by atoms with Gasteiger partial charge in [0.05, 0.1) is 17.7 Å². The van der Waals surface area contributed by atoms with E-state index in [0.29, 0.717) is 18.8 Å². The zero-order chi connectivity index (χ0) is 17.2. The summed E-state index contributed by atoms with van der Waals surface area (Å²) in [4.78, 5) is 21.5. The zero-order valence-corrected chi connectivity index (χ0v) is 12.5. The smallest absolute Gasteiger partial charge is 0.417 e. The van der Waals surface area contributed by atoms with Crippen LogP contribution in [0.15, 0.2) is 42.9 Å². The Bertz CT molecular complexity index is 722. The molecule has 1 saturated heterocycles. The van der Waals surface area contributed by atoms with E-state index in [1.54, 1.807) is 6.07 Å². The summed E-state index contributed by atoms with van der Waals surface area (Å²) < 4.78 is 44.8. The van der Waals surface area contributed by atoms with E-state index in [-0.39, 0.29) is 18.2 Å². The molecule has 1 aliphatic rings. The maximum absolute atomic E-state index is 13.1. The Morgan fingerprint density at radius 2 is 2.04 bits per heavy atom. The van der Waals surface area contributed by atoms with E-state index in [9.17, 15) is 18.0 Å². The van der Waals surface area contributed by atoms with E-state index in [1.807, 2.05) is 0 Å².